The molecule has 0 amide bonds. The fourth-order valence-corrected chi connectivity index (χ4v) is 4.09. The average Bonchev–Trinajstić information content (AvgIpc) is 3.21. The van der Waals surface area contributed by atoms with Crippen molar-refractivity contribution in [1.29, 1.82) is 0 Å². The standard InChI is InChI=1S/C22H36N4O.HI/c1-3-19-7-5-6-8-20(19)15-24-22(23-4-2)25-21-9-12-26(13-10-21)16-18-11-14-27-17-18;/h5-8,18,21H,3-4,9-17H2,1-2H3,(H2,23,24,25);1H. The predicted molar refractivity (Wildman–Crippen MR) is 128 cm³/mol. The van der Waals surface area contributed by atoms with Crippen LogP contribution in [0.1, 0.15) is 44.2 Å². The minimum atomic E-state index is 0. The Kier molecular flexibility index (Phi) is 10.6. The van der Waals surface area contributed by atoms with Gasteiger partial charge in [-0.1, -0.05) is 31.2 Å². The molecule has 2 N–H and O–H groups in total. The molecule has 2 heterocycles. The number of hydrogen-bond acceptors (Lipinski definition) is 3. The molecule has 6 heteroatoms. The zero-order valence-electron chi connectivity index (χ0n) is 17.5. The molecule has 0 aromatic heterocycles. The number of halogens is 1. The number of piperidine rings is 1. The zero-order valence-corrected chi connectivity index (χ0v) is 19.8. The van der Waals surface area contributed by atoms with E-state index in [9.17, 15) is 0 Å². The van der Waals surface area contributed by atoms with Crippen molar-refractivity contribution in [2.45, 2.75) is 52.1 Å². The molecular formula is C22H37IN4O. The molecule has 0 aliphatic carbocycles. The second-order valence-electron chi connectivity index (χ2n) is 7.77. The molecule has 2 aliphatic heterocycles. The number of benzene rings is 1. The Labute approximate surface area is 187 Å². The van der Waals surface area contributed by atoms with E-state index in [0.29, 0.717) is 6.04 Å². The van der Waals surface area contributed by atoms with Crippen LogP contribution in [0.3, 0.4) is 0 Å². The third-order valence-corrected chi connectivity index (χ3v) is 5.72. The van der Waals surface area contributed by atoms with Gasteiger partial charge >= 0.3 is 0 Å². The number of hydrogen-bond donors (Lipinski definition) is 2. The van der Waals surface area contributed by atoms with Crippen molar-refractivity contribution in [3.8, 4) is 0 Å². The summed E-state index contributed by atoms with van der Waals surface area (Å²) in [6.45, 7) is 11.4. The van der Waals surface area contributed by atoms with E-state index in [1.54, 1.807) is 0 Å². The summed E-state index contributed by atoms with van der Waals surface area (Å²) in [6, 6.07) is 9.13. The molecule has 158 valence electrons. The van der Waals surface area contributed by atoms with Gasteiger partial charge in [-0.25, -0.2) is 4.99 Å². The smallest absolute Gasteiger partial charge is 0.191 e. The summed E-state index contributed by atoms with van der Waals surface area (Å²) in [5.41, 5.74) is 2.71. The molecule has 1 aromatic carbocycles. The first-order valence-electron chi connectivity index (χ1n) is 10.7. The minimum Gasteiger partial charge on any atom is -0.381 e. The van der Waals surface area contributed by atoms with Gasteiger partial charge in [-0.05, 0) is 49.7 Å². The van der Waals surface area contributed by atoms with Crippen molar-refractivity contribution in [1.82, 2.24) is 15.5 Å². The van der Waals surface area contributed by atoms with Crippen LogP contribution in [0.25, 0.3) is 0 Å². The van der Waals surface area contributed by atoms with Crippen molar-refractivity contribution in [3.63, 3.8) is 0 Å². The number of aliphatic imine (C=N–C) groups is 1. The van der Waals surface area contributed by atoms with Crippen LogP contribution in [0.5, 0.6) is 0 Å². The number of rotatable bonds is 7. The van der Waals surface area contributed by atoms with E-state index in [1.807, 2.05) is 0 Å². The van der Waals surface area contributed by atoms with Crippen molar-refractivity contribution in [2.75, 3.05) is 39.4 Å². The van der Waals surface area contributed by atoms with Gasteiger partial charge < -0.3 is 20.3 Å². The Balaban J connectivity index is 0.00000280. The first-order valence-corrected chi connectivity index (χ1v) is 10.7. The molecule has 2 saturated heterocycles. The number of aryl methyl sites for hydroxylation is 1. The molecule has 0 bridgehead atoms. The van der Waals surface area contributed by atoms with E-state index in [1.165, 1.54) is 50.0 Å². The average molecular weight is 500 g/mol. The first-order chi connectivity index (χ1) is 13.3. The second-order valence-corrected chi connectivity index (χ2v) is 7.77. The van der Waals surface area contributed by atoms with E-state index in [0.717, 1.165) is 44.6 Å². The Morgan fingerprint density at radius 3 is 2.54 bits per heavy atom. The highest BCUT2D eigenvalue weighted by Gasteiger charge is 2.24. The number of nitrogens with one attached hydrogen (secondary N) is 2. The number of likely N-dealkylation sites (tertiary alicyclic amines) is 1. The van der Waals surface area contributed by atoms with Crippen molar-refractivity contribution in [3.05, 3.63) is 35.4 Å². The van der Waals surface area contributed by atoms with Gasteiger partial charge in [-0.3, -0.25) is 0 Å². The van der Waals surface area contributed by atoms with Crippen LogP contribution in [0.15, 0.2) is 29.3 Å². The molecule has 3 rings (SSSR count). The highest BCUT2D eigenvalue weighted by molar-refractivity contribution is 14.0. The Morgan fingerprint density at radius 1 is 1.14 bits per heavy atom. The van der Waals surface area contributed by atoms with E-state index in [4.69, 9.17) is 9.73 Å². The van der Waals surface area contributed by atoms with Gasteiger partial charge in [-0.2, -0.15) is 0 Å². The summed E-state index contributed by atoms with van der Waals surface area (Å²) < 4.78 is 5.52. The van der Waals surface area contributed by atoms with Crippen LogP contribution in [-0.4, -0.2) is 56.3 Å². The van der Waals surface area contributed by atoms with Crippen molar-refractivity contribution in [2.24, 2.45) is 10.9 Å². The Bertz CT molecular complexity index is 596. The molecule has 2 aliphatic rings. The third kappa shape index (κ3) is 7.19. The SMILES string of the molecule is CCNC(=NCc1ccccc1CC)NC1CCN(CC2CCOC2)CC1.I. The predicted octanol–water partition coefficient (Wildman–Crippen LogP) is 3.42. The molecule has 2 fully saturated rings. The molecule has 0 spiro atoms. The minimum absolute atomic E-state index is 0. The van der Waals surface area contributed by atoms with E-state index in [-0.39, 0.29) is 24.0 Å². The van der Waals surface area contributed by atoms with Gasteiger partial charge in [0, 0.05) is 38.8 Å². The van der Waals surface area contributed by atoms with Crippen molar-refractivity contribution >= 4 is 29.9 Å². The molecule has 1 atom stereocenters. The van der Waals surface area contributed by atoms with E-state index < -0.39 is 0 Å². The maximum absolute atomic E-state index is 5.52. The Morgan fingerprint density at radius 2 is 1.89 bits per heavy atom. The first kappa shape index (κ1) is 23.4. The number of nitrogens with zero attached hydrogens (tertiary/aromatic N) is 2. The third-order valence-electron chi connectivity index (χ3n) is 5.72. The number of guanidine groups is 1. The maximum atomic E-state index is 5.52. The van der Waals surface area contributed by atoms with E-state index in [2.05, 4.69) is 53.6 Å². The summed E-state index contributed by atoms with van der Waals surface area (Å²) in [4.78, 5) is 7.46. The van der Waals surface area contributed by atoms with Crippen LogP contribution in [0.4, 0.5) is 0 Å². The van der Waals surface area contributed by atoms with Crippen LogP contribution in [0, 0.1) is 5.92 Å². The molecular weight excluding hydrogens is 463 g/mol. The van der Waals surface area contributed by atoms with Crippen LogP contribution >= 0.6 is 24.0 Å². The summed E-state index contributed by atoms with van der Waals surface area (Å²) in [5, 5.41) is 7.08. The molecule has 1 aromatic rings. The molecule has 0 radical (unpaired) electrons. The lowest BCUT2D eigenvalue weighted by atomic mass is 10.0. The van der Waals surface area contributed by atoms with E-state index >= 15 is 0 Å². The second kappa shape index (κ2) is 12.6. The van der Waals surface area contributed by atoms with Gasteiger partial charge in [0.25, 0.3) is 0 Å². The van der Waals surface area contributed by atoms with Gasteiger partial charge in [0.05, 0.1) is 13.2 Å². The van der Waals surface area contributed by atoms with Gasteiger partial charge in [0.2, 0.25) is 0 Å². The molecule has 0 saturated carbocycles. The topological polar surface area (TPSA) is 48.9 Å². The van der Waals surface area contributed by atoms with Gasteiger partial charge in [-0.15, -0.1) is 24.0 Å². The van der Waals surface area contributed by atoms with Crippen LogP contribution in [-0.2, 0) is 17.7 Å². The summed E-state index contributed by atoms with van der Waals surface area (Å²) in [7, 11) is 0. The molecule has 1 unspecified atom stereocenters. The Hall–Kier alpha value is -0.860. The zero-order chi connectivity index (χ0) is 18.9. The maximum Gasteiger partial charge on any atom is 0.191 e. The highest BCUT2D eigenvalue weighted by Crippen LogP contribution is 2.18. The highest BCUT2D eigenvalue weighted by atomic mass is 127. The van der Waals surface area contributed by atoms with Crippen LogP contribution < -0.4 is 10.6 Å². The monoisotopic (exact) mass is 500 g/mol. The lowest BCUT2D eigenvalue weighted by molar-refractivity contribution is 0.150. The van der Waals surface area contributed by atoms with Crippen LogP contribution in [0.2, 0.25) is 0 Å². The summed E-state index contributed by atoms with van der Waals surface area (Å²) in [6.07, 6.45) is 4.65. The normalized spacial score (nSPS) is 21.4. The quantitative estimate of drug-likeness (QED) is 0.342. The fraction of sp³-hybridized carbons (Fsp3) is 0.682. The summed E-state index contributed by atoms with van der Waals surface area (Å²) >= 11 is 0. The van der Waals surface area contributed by atoms with Gasteiger partial charge in [0.1, 0.15) is 0 Å². The largest absolute Gasteiger partial charge is 0.381 e. The number of ether oxygens (including phenoxy) is 1. The van der Waals surface area contributed by atoms with Gasteiger partial charge in [0.15, 0.2) is 5.96 Å². The van der Waals surface area contributed by atoms with Crippen molar-refractivity contribution < 1.29 is 4.74 Å². The molecule has 5 nitrogen and oxygen atoms in total. The lowest BCUT2D eigenvalue weighted by Gasteiger charge is -2.34. The molecule has 28 heavy (non-hydrogen) atoms. The lowest BCUT2D eigenvalue weighted by Crippen LogP contribution is -2.49. The fourth-order valence-electron chi connectivity index (χ4n) is 4.09. The summed E-state index contributed by atoms with van der Waals surface area (Å²) in [5.74, 6) is 1.69.